The molecule has 0 aliphatic carbocycles. The molecule has 0 spiro atoms. The van der Waals surface area contributed by atoms with Crippen LogP contribution in [0.2, 0.25) is 0 Å². The van der Waals surface area contributed by atoms with Gasteiger partial charge in [-0.1, -0.05) is 45.0 Å². The number of hydrogen-bond acceptors (Lipinski definition) is 3. The Bertz CT molecular complexity index is 799. The highest BCUT2D eigenvalue weighted by Crippen LogP contribution is 2.35. The van der Waals surface area contributed by atoms with Gasteiger partial charge in [0, 0.05) is 21.7 Å². The fraction of sp³-hybridized carbons (Fsp3) is 0.316. The summed E-state index contributed by atoms with van der Waals surface area (Å²) in [5.74, 6) is 0.931. The van der Waals surface area contributed by atoms with Crippen molar-refractivity contribution < 1.29 is 4.74 Å². The van der Waals surface area contributed by atoms with Crippen LogP contribution in [-0.2, 0) is 5.41 Å². The summed E-state index contributed by atoms with van der Waals surface area (Å²) in [6.45, 7) is 9.27. The van der Waals surface area contributed by atoms with Gasteiger partial charge in [0.1, 0.15) is 5.75 Å². The first-order valence-corrected chi connectivity index (χ1v) is 8.49. The van der Waals surface area contributed by atoms with Crippen LogP contribution < -0.4 is 4.74 Å². The van der Waals surface area contributed by atoms with Gasteiger partial charge in [-0.05, 0) is 24.4 Å². The molecule has 0 radical (unpaired) electrons. The topological polar surface area (TPSA) is 22.1 Å². The molecule has 114 valence electrons. The average Bonchev–Trinajstić information content (AvgIpc) is 2.97. The summed E-state index contributed by atoms with van der Waals surface area (Å²) in [5.41, 5.74) is 2.23. The van der Waals surface area contributed by atoms with E-state index in [4.69, 9.17) is 9.72 Å². The first-order valence-electron chi connectivity index (χ1n) is 7.61. The third-order valence-corrected chi connectivity index (χ3v) is 4.83. The molecule has 0 amide bonds. The van der Waals surface area contributed by atoms with Gasteiger partial charge in [-0.25, -0.2) is 4.98 Å². The third-order valence-electron chi connectivity index (χ3n) is 3.57. The van der Waals surface area contributed by atoms with Crippen LogP contribution in [0.3, 0.4) is 0 Å². The molecule has 3 aromatic rings. The van der Waals surface area contributed by atoms with Gasteiger partial charge in [0.2, 0.25) is 0 Å². The molecule has 0 saturated heterocycles. The Morgan fingerprint density at radius 2 is 1.91 bits per heavy atom. The second-order valence-electron chi connectivity index (χ2n) is 6.42. The molecule has 0 aliphatic heterocycles. The molecule has 2 aromatic carbocycles. The number of benzene rings is 2. The molecule has 3 heteroatoms. The lowest BCUT2D eigenvalue weighted by Crippen LogP contribution is -2.10. The molecule has 0 N–H and O–H groups in total. The van der Waals surface area contributed by atoms with Gasteiger partial charge in [0.05, 0.1) is 17.3 Å². The van der Waals surface area contributed by atoms with Gasteiger partial charge in [-0.15, -0.1) is 11.3 Å². The highest BCUT2D eigenvalue weighted by atomic mass is 32.1. The Balaban J connectivity index is 2.13. The van der Waals surface area contributed by atoms with E-state index in [1.165, 1.54) is 5.39 Å². The van der Waals surface area contributed by atoms with E-state index in [0.717, 1.165) is 27.4 Å². The lowest BCUT2D eigenvalue weighted by Gasteiger charge is -2.13. The van der Waals surface area contributed by atoms with Gasteiger partial charge in [0.15, 0.2) is 0 Å². The maximum atomic E-state index is 5.83. The number of aromatic nitrogens is 1. The van der Waals surface area contributed by atoms with Crippen molar-refractivity contribution in [3.63, 3.8) is 0 Å². The molecule has 1 aromatic heterocycles. The first-order chi connectivity index (χ1) is 10.5. The van der Waals surface area contributed by atoms with Crippen molar-refractivity contribution in [3.8, 4) is 17.0 Å². The van der Waals surface area contributed by atoms with E-state index < -0.39 is 0 Å². The number of ether oxygens (including phenoxy) is 1. The van der Waals surface area contributed by atoms with E-state index >= 15 is 0 Å². The maximum absolute atomic E-state index is 5.83. The minimum atomic E-state index is 0.0858. The maximum Gasteiger partial charge on any atom is 0.127 e. The Morgan fingerprint density at radius 1 is 1.14 bits per heavy atom. The minimum Gasteiger partial charge on any atom is -0.493 e. The predicted molar refractivity (Wildman–Crippen MR) is 94.9 cm³/mol. The molecule has 0 bridgehead atoms. The number of nitrogens with zero attached hydrogens (tertiary/aromatic N) is 1. The van der Waals surface area contributed by atoms with Gasteiger partial charge >= 0.3 is 0 Å². The van der Waals surface area contributed by atoms with Gasteiger partial charge in [0.25, 0.3) is 0 Å². The van der Waals surface area contributed by atoms with Crippen LogP contribution in [0.25, 0.3) is 22.0 Å². The first kappa shape index (κ1) is 15.0. The van der Waals surface area contributed by atoms with Gasteiger partial charge in [-0.3, -0.25) is 0 Å². The normalized spacial score (nSPS) is 11.8. The molecule has 2 nitrogen and oxygen atoms in total. The summed E-state index contributed by atoms with van der Waals surface area (Å²) in [6.07, 6.45) is 0. The smallest absolute Gasteiger partial charge is 0.127 e. The molecule has 0 aliphatic rings. The van der Waals surface area contributed by atoms with Crippen LogP contribution in [0.15, 0.2) is 41.8 Å². The van der Waals surface area contributed by atoms with Gasteiger partial charge in [-0.2, -0.15) is 0 Å². The van der Waals surface area contributed by atoms with Crippen LogP contribution in [-0.4, -0.2) is 11.6 Å². The second-order valence-corrected chi connectivity index (χ2v) is 7.27. The molecule has 3 rings (SSSR count). The summed E-state index contributed by atoms with van der Waals surface area (Å²) in [4.78, 5) is 4.82. The predicted octanol–water partition coefficient (Wildman–Crippen LogP) is 5.66. The van der Waals surface area contributed by atoms with E-state index in [9.17, 15) is 0 Å². The fourth-order valence-corrected chi connectivity index (χ4v) is 3.37. The lowest BCUT2D eigenvalue weighted by atomic mass is 9.98. The largest absolute Gasteiger partial charge is 0.493 e. The highest BCUT2D eigenvalue weighted by Gasteiger charge is 2.19. The van der Waals surface area contributed by atoms with Crippen LogP contribution in [0.4, 0.5) is 0 Å². The molecular formula is C19H21NOS. The zero-order chi connectivity index (χ0) is 15.7. The monoisotopic (exact) mass is 311 g/mol. The molecular weight excluding hydrogens is 290 g/mol. The van der Waals surface area contributed by atoms with Crippen molar-refractivity contribution in [1.29, 1.82) is 0 Å². The number of hydrogen-bond donors (Lipinski definition) is 0. The Morgan fingerprint density at radius 3 is 2.59 bits per heavy atom. The lowest BCUT2D eigenvalue weighted by molar-refractivity contribution is 0.344. The summed E-state index contributed by atoms with van der Waals surface area (Å²) in [7, 11) is 0. The number of fused-ring (bicyclic) bond motifs is 1. The van der Waals surface area contributed by atoms with Crippen molar-refractivity contribution in [3.05, 3.63) is 46.8 Å². The van der Waals surface area contributed by atoms with E-state index in [-0.39, 0.29) is 5.41 Å². The van der Waals surface area contributed by atoms with Crippen LogP contribution >= 0.6 is 11.3 Å². The molecule has 1 heterocycles. The number of rotatable bonds is 3. The average molecular weight is 311 g/mol. The van der Waals surface area contributed by atoms with Crippen LogP contribution in [0.1, 0.15) is 32.7 Å². The van der Waals surface area contributed by atoms with E-state index in [1.54, 1.807) is 11.3 Å². The molecule has 22 heavy (non-hydrogen) atoms. The molecule has 0 fully saturated rings. The van der Waals surface area contributed by atoms with Crippen LogP contribution in [0.5, 0.6) is 5.75 Å². The molecule has 0 saturated carbocycles. The van der Waals surface area contributed by atoms with Crippen molar-refractivity contribution in [2.45, 2.75) is 33.1 Å². The summed E-state index contributed by atoms with van der Waals surface area (Å²) in [5, 5.41) is 5.64. The third kappa shape index (κ3) is 2.86. The van der Waals surface area contributed by atoms with E-state index in [1.807, 2.05) is 13.0 Å². The van der Waals surface area contributed by atoms with Crippen molar-refractivity contribution in [1.82, 2.24) is 4.98 Å². The second kappa shape index (κ2) is 5.73. The zero-order valence-corrected chi connectivity index (χ0v) is 14.3. The van der Waals surface area contributed by atoms with Crippen molar-refractivity contribution in [2.75, 3.05) is 6.61 Å². The summed E-state index contributed by atoms with van der Waals surface area (Å²) < 4.78 is 5.83. The van der Waals surface area contributed by atoms with E-state index in [0.29, 0.717) is 6.61 Å². The Labute approximate surface area is 135 Å². The summed E-state index contributed by atoms with van der Waals surface area (Å²) in [6, 6.07) is 12.6. The van der Waals surface area contributed by atoms with Gasteiger partial charge < -0.3 is 4.74 Å². The minimum absolute atomic E-state index is 0.0858. The molecule has 0 atom stereocenters. The SMILES string of the molecule is CCOc1cc(-c2csc(C(C)(C)C)n2)cc2ccccc12. The molecule has 0 unspecified atom stereocenters. The zero-order valence-electron chi connectivity index (χ0n) is 13.5. The quantitative estimate of drug-likeness (QED) is 0.622. The van der Waals surface area contributed by atoms with E-state index in [2.05, 4.69) is 56.5 Å². The fourth-order valence-electron chi connectivity index (χ4n) is 2.45. The van der Waals surface area contributed by atoms with Crippen LogP contribution in [0, 0.1) is 0 Å². The Kier molecular flexibility index (Phi) is 3.92. The number of thiazole rings is 1. The summed E-state index contributed by atoms with van der Waals surface area (Å²) >= 11 is 1.72. The standard InChI is InChI=1S/C19H21NOS/c1-5-21-17-11-14(10-13-8-6-7-9-15(13)17)16-12-22-18(20-16)19(2,3)4/h6-12H,5H2,1-4H3. The Hall–Kier alpha value is -1.87. The van der Waals surface area contributed by atoms with Crippen molar-refractivity contribution >= 4 is 22.1 Å². The van der Waals surface area contributed by atoms with Crippen molar-refractivity contribution in [2.24, 2.45) is 0 Å². The highest BCUT2D eigenvalue weighted by molar-refractivity contribution is 7.10.